The fourth-order valence-electron chi connectivity index (χ4n) is 0.824. The van der Waals surface area contributed by atoms with E-state index in [-0.39, 0.29) is 5.56 Å². The lowest BCUT2D eigenvalue weighted by Gasteiger charge is -2.16. The molecule has 0 radical (unpaired) electrons. The summed E-state index contributed by atoms with van der Waals surface area (Å²) in [6.07, 6.45) is -1.79. The van der Waals surface area contributed by atoms with E-state index in [1.165, 1.54) is 12.1 Å². The van der Waals surface area contributed by atoms with Crippen LogP contribution in [0.2, 0.25) is 0 Å². The highest BCUT2D eigenvalue weighted by atomic mass is 79.9. The quantitative estimate of drug-likeness (QED) is 0.784. The van der Waals surface area contributed by atoms with Gasteiger partial charge in [-0.2, -0.15) is 8.78 Å². The zero-order chi connectivity index (χ0) is 9.19. The smallest absolute Gasteiger partial charge is 0.330 e. The topological polar surface area (TPSA) is 20.2 Å². The molecule has 1 N–H and O–H groups in total. The Morgan fingerprint density at radius 2 is 1.75 bits per heavy atom. The van der Waals surface area contributed by atoms with Gasteiger partial charge in [-0.1, -0.05) is 30.3 Å². The van der Waals surface area contributed by atoms with E-state index < -0.39 is 10.9 Å². The molecule has 0 aromatic heterocycles. The van der Waals surface area contributed by atoms with E-state index in [1.54, 1.807) is 18.2 Å². The highest BCUT2D eigenvalue weighted by Gasteiger charge is 2.35. The minimum Gasteiger partial charge on any atom is -0.381 e. The second kappa shape index (κ2) is 3.49. The van der Waals surface area contributed by atoms with E-state index in [1.807, 2.05) is 0 Å². The van der Waals surface area contributed by atoms with Gasteiger partial charge in [0.25, 0.3) is 0 Å². The maximum Gasteiger partial charge on any atom is 0.330 e. The summed E-state index contributed by atoms with van der Waals surface area (Å²) < 4.78 is 24.9. The Balaban J connectivity index is 2.86. The van der Waals surface area contributed by atoms with Gasteiger partial charge >= 0.3 is 4.83 Å². The minimum atomic E-state index is -3.27. The van der Waals surface area contributed by atoms with Crippen molar-refractivity contribution in [2.24, 2.45) is 0 Å². The molecule has 0 aliphatic carbocycles. The number of alkyl halides is 3. The number of hydrogen-bond donors (Lipinski definition) is 1. The molecule has 4 heteroatoms. The van der Waals surface area contributed by atoms with E-state index in [0.717, 1.165) is 0 Å². The normalized spacial score (nSPS) is 14.3. The van der Waals surface area contributed by atoms with Crippen LogP contribution in [-0.4, -0.2) is 9.94 Å². The Labute approximate surface area is 77.2 Å². The van der Waals surface area contributed by atoms with Crippen molar-refractivity contribution in [3.05, 3.63) is 35.9 Å². The van der Waals surface area contributed by atoms with Gasteiger partial charge in [-0.15, -0.1) is 0 Å². The average molecular weight is 237 g/mol. The van der Waals surface area contributed by atoms with Crippen LogP contribution in [0, 0.1) is 0 Å². The SMILES string of the molecule is O[C@H](c1ccccc1)C(F)(F)Br. The first-order chi connectivity index (χ1) is 5.52. The van der Waals surface area contributed by atoms with Gasteiger partial charge < -0.3 is 5.11 Å². The first-order valence-corrected chi connectivity index (χ1v) is 4.11. The van der Waals surface area contributed by atoms with Crippen LogP contribution in [-0.2, 0) is 0 Å². The Bertz CT molecular complexity index is 245. The molecule has 0 heterocycles. The predicted octanol–water partition coefficient (Wildman–Crippen LogP) is 2.71. The maximum absolute atomic E-state index is 12.5. The second-order valence-corrected chi connectivity index (χ2v) is 3.41. The van der Waals surface area contributed by atoms with Gasteiger partial charge in [0.15, 0.2) is 6.10 Å². The highest BCUT2D eigenvalue weighted by Crippen LogP contribution is 2.36. The fourth-order valence-corrected chi connectivity index (χ4v) is 1.09. The van der Waals surface area contributed by atoms with Crippen molar-refractivity contribution in [3.63, 3.8) is 0 Å². The molecule has 0 spiro atoms. The van der Waals surface area contributed by atoms with E-state index >= 15 is 0 Å². The molecule has 12 heavy (non-hydrogen) atoms. The molecular weight excluding hydrogens is 230 g/mol. The van der Waals surface area contributed by atoms with Gasteiger partial charge in [0.2, 0.25) is 0 Å². The number of benzene rings is 1. The summed E-state index contributed by atoms with van der Waals surface area (Å²) in [7, 11) is 0. The van der Waals surface area contributed by atoms with Crippen LogP contribution in [0.4, 0.5) is 8.78 Å². The van der Waals surface area contributed by atoms with Crippen LogP contribution in [0.5, 0.6) is 0 Å². The summed E-state index contributed by atoms with van der Waals surface area (Å²) in [4.78, 5) is -3.27. The molecule has 1 aromatic carbocycles. The predicted molar refractivity (Wildman–Crippen MR) is 45.3 cm³/mol. The van der Waals surface area contributed by atoms with Gasteiger partial charge in [0, 0.05) is 0 Å². The van der Waals surface area contributed by atoms with E-state index in [0.29, 0.717) is 0 Å². The van der Waals surface area contributed by atoms with Gasteiger partial charge in [-0.05, 0) is 21.5 Å². The number of halogens is 3. The Hall–Kier alpha value is -0.480. The molecule has 0 unspecified atom stereocenters. The lowest BCUT2D eigenvalue weighted by molar-refractivity contribution is -0.0294. The summed E-state index contributed by atoms with van der Waals surface area (Å²) in [5.74, 6) is 0. The molecule has 0 bridgehead atoms. The van der Waals surface area contributed by atoms with Gasteiger partial charge in [0.05, 0.1) is 0 Å². The zero-order valence-electron chi connectivity index (χ0n) is 6.05. The lowest BCUT2D eigenvalue weighted by atomic mass is 10.1. The molecule has 66 valence electrons. The number of aliphatic hydroxyl groups excluding tert-OH is 1. The third kappa shape index (κ3) is 2.25. The van der Waals surface area contributed by atoms with Gasteiger partial charge in [-0.3, -0.25) is 0 Å². The molecule has 0 aliphatic rings. The number of rotatable bonds is 2. The Morgan fingerprint density at radius 1 is 1.25 bits per heavy atom. The van der Waals surface area contributed by atoms with Crippen LogP contribution in [0.1, 0.15) is 11.7 Å². The van der Waals surface area contributed by atoms with Crippen LogP contribution >= 0.6 is 15.9 Å². The van der Waals surface area contributed by atoms with Crippen LogP contribution in [0.3, 0.4) is 0 Å². The number of aliphatic hydroxyl groups is 1. The van der Waals surface area contributed by atoms with Crippen LogP contribution < -0.4 is 0 Å². The summed E-state index contributed by atoms with van der Waals surface area (Å²) in [5.41, 5.74) is 0.194. The van der Waals surface area contributed by atoms with Crippen molar-refractivity contribution in [1.82, 2.24) is 0 Å². The first-order valence-electron chi connectivity index (χ1n) is 3.31. The molecule has 0 fully saturated rings. The molecule has 1 atom stereocenters. The highest BCUT2D eigenvalue weighted by molar-refractivity contribution is 9.10. The van der Waals surface area contributed by atoms with Crippen molar-refractivity contribution in [3.8, 4) is 0 Å². The fraction of sp³-hybridized carbons (Fsp3) is 0.250. The third-order valence-electron chi connectivity index (χ3n) is 1.43. The number of hydrogen-bond acceptors (Lipinski definition) is 1. The van der Waals surface area contributed by atoms with Gasteiger partial charge in [-0.25, -0.2) is 0 Å². The van der Waals surface area contributed by atoms with Crippen molar-refractivity contribution < 1.29 is 13.9 Å². The molecule has 0 saturated carbocycles. The van der Waals surface area contributed by atoms with Crippen LogP contribution in [0.25, 0.3) is 0 Å². The first kappa shape index (κ1) is 9.61. The summed E-state index contributed by atoms with van der Waals surface area (Å²) in [6.45, 7) is 0. The molecule has 0 saturated heterocycles. The van der Waals surface area contributed by atoms with Crippen LogP contribution in [0.15, 0.2) is 30.3 Å². The Kier molecular flexibility index (Phi) is 2.80. The molecule has 0 aliphatic heterocycles. The van der Waals surface area contributed by atoms with E-state index in [2.05, 4.69) is 15.9 Å². The van der Waals surface area contributed by atoms with E-state index in [4.69, 9.17) is 5.11 Å². The average Bonchev–Trinajstić information content (AvgIpc) is 2.03. The summed E-state index contributed by atoms with van der Waals surface area (Å²) in [5, 5.41) is 9.06. The summed E-state index contributed by atoms with van der Waals surface area (Å²) >= 11 is 2.10. The van der Waals surface area contributed by atoms with Crippen molar-refractivity contribution in [1.29, 1.82) is 0 Å². The molecule has 1 nitrogen and oxygen atoms in total. The minimum absolute atomic E-state index is 0.194. The molecule has 0 amide bonds. The molecule has 1 aromatic rings. The third-order valence-corrected chi connectivity index (χ3v) is 1.86. The maximum atomic E-state index is 12.5. The second-order valence-electron chi connectivity index (χ2n) is 2.35. The molecule has 1 rings (SSSR count). The molecular formula is C8H7BrF2O. The monoisotopic (exact) mass is 236 g/mol. The van der Waals surface area contributed by atoms with Crippen molar-refractivity contribution in [2.75, 3.05) is 0 Å². The Morgan fingerprint density at radius 3 is 2.17 bits per heavy atom. The zero-order valence-corrected chi connectivity index (χ0v) is 7.63. The van der Waals surface area contributed by atoms with Crippen molar-refractivity contribution >= 4 is 15.9 Å². The lowest BCUT2D eigenvalue weighted by Crippen LogP contribution is -2.17. The largest absolute Gasteiger partial charge is 0.381 e. The van der Waals surface area contributed by atoms with Crippen molar-refractivity contribution in [2.45, 2.75) is 10.9 Å². The van der Waals surface area contributed by atoms with Gasteiger partial charge in [0.1, 0.15) is 0 Å². The summed E-state index contributed by atoms with van der Waals surface area (Å²) in [6, 6.07) is 7.77. The van der Waals surface area contributed by atoms with E-state index in [9.17, 15) is 8.78 Å². The standard InChI is InChI=1S/C8H7BrF2O/c9-8(10,11)7(12)6-4-2-1-3-5-6/h1-5,7,12H/t7-/m1/s1.